The minimum Gasteiger partial charge on any atom is -0.480 e. The molecule has 1 fully saturated rings. The first-order valence-corrected chi connectivity index (χ1v) is 6.96. The van der Waals surface area contributed by atoms with Crippen LogP contribution in [0.2, 0.25) is 0 Å². The van der Waals surface area contributed by atoms with Crippen LogP contribution >= 0.6 is 0 Å². The number of amides is 1. The van der Waals surface area contributed by atoms with Gasteiger partial charge < -0.3 is 10.4 Å². The number of carboxylic acids is 1. The van der Waals surface area contributed by atoms with Crippen molar-refractivity contribution in [2.75, 3.05) is 18.4 Å². The zero-order valence-corrected chi connectivity index (χ0v) is 11.6. The fourth-order valence-corrected chi connectivity index (χ4v) is 2.62. The molecule has 1 aliphatic heterocycles. The molecule has 1 saturated heterocycles. The van der Waals surface area contributed by atoms with Gasteiger partial charge in [0.1, 0.15) is 6.04 Å². The third-order valence-electron chi connectivity index (χ3n) is 3.67. The highest BCUT2D eigenvalue weighted by Crippen LogP contribution is 2.18. The number of aliphatic carboxylic acids is 1. The van der Waals surface area contributed by atoms with E-state index in [9.17, 15) is 9.59 Å². The molecule has 1 atom stereocenters. The summed E-state index contributed by atoms with van der Waals surface area (Å²) in [5.41, 5.74) is 1.89. The lowest BCUT2D eigenvalue weighted by molar-refractivity contribution is -0.142. The Kier molecular flexibility index (Phi) is 4.74. The van der Waals surface area contributed by atoms with Gasteiger partial charge in [-0.1, -0.05) is 25.1 Å². The molecule has 1 aromatic rings. The van der Waals surface area contributed by atoms with Gasteiger partial charge in [0.05, 0.1) is 6.54 Å². The van der Waals surface area contributed by atoms with Crippen LogP contribution in [0.3, 0.4) is 0 Å². The van der Waals surface area contributed by atoms with Crippen molar-refractivity contribution in [1.29, 1.82) is 0 Å². The molecule has 1 aromatic carbocycles. The second-order valence-corrected chi connectivity index (χ2v) is 5.03. The summed E-state index contributed by atoms with van der Waals surface area (Å²) < 4.78 is 0. The molecule has 108 valence electrons. The number of para-hydroxylation sites is 1. The van der Waals surface area contributed by atoms with E-state index in [1.807, 2.05) is 31.2 Å². The number of nitrogens with zero attached hydrogens (tertiary/aromatic N) is 1. The number of aryl methyl sites for hydroxylation is 1. The second-order valence-electron chi connectivity index (χ2n) is 5.03. The van der Waals surface area contributed by atoms with Crippen molar-refractivity contribution in [3.8, 4) is 0 Å². The number of rotatable bonds is 5. The van der Waals surface area contributed by atoms with Crippen molar-refractivity contribution in [1.82, 2.24) is 4.90 Å². The van der Waals surface area contributed by atoms with Crippen LogP contribution in [0.1, 0.15) is 25.3 Å². The molecule has 1 heterocycles. The molecule has 0 bridgehead atoms. The number of carbonyl (C=O) groups is 2. The SMILES string of the molecule is CCc1ccccc1NC(=O)CN1CCC[C@H]1C(=O)O. The average molecular weight is 276 g/mol. The molecule has 0 unspecified atom stereocenters. The average Bonchev–Trinajstić information content (AvgIpc) is 2.87. The van der Waals surface area contributed by atoms with Gasteiger partial charge in [-0.25, -0.2) is 0 Å². The summed E-state index contributed by atoms with van der Waals surface area (Å²) >= 11 is 0. The molecular weight excluding hydrogens is 256 g/mol. The monoisotopic (exact) mass is 276 g/mol. The molecular formula is C15H20N2O3. The highest BCUT2D eigenvalue weighted by molar-refractivity contribution is 5.93. The van der Waals surface area contributed by atoms with E-state index in [0.717, 1.165) is 24.1 Å². The lowest BCUT2D eigenvalue weighted by Gasteiger charge is -2.20. The summed E-state index contributed by atoms with van der Waals surface area (Å²) in [6, 6.07) is 7.14. The van der Waals surface area contributed by atoms with Crippen LogP contribution in [-0.2, 0) is 16.0 Å². The number of likely N-dealkylation sites (tertiary alicyclic amines) is 1. The van der Waals surface area contributed by atoms with Crippen molar-refractivity contribution >= 4 is 17.6 Å². The molecule has 0 spiro atoms. The molecule has 0 aliphatic carbocycles. The summed E-state index contributed by atoms with van der Waals surface area (Å²) in [5.74, 6) is -0.997. The Bertz CT molecular complexity index is 502. The molecule has 1 aliphatic rings. The van der Waals surface area contributed by atoms with Crippen molar-refractivity contribution in [2.24, 2.45) is 0 Å². The first kappa shape index (κ1) is 14.5. The van der Waals surface area contributed by atoms with E-state index in [4.69, 9.17) is 5.11 Å². The van der Waals surface area contributed by atoms with Crippen LogP contribution in [0.15, 0.2) is 24.3 Å². The molecule has 0 saturated carbocycles. The number of carboxylic acid groups (broad SMARTS) is 1. The summed E-state index contributed by atoms with van der Waals surface area (Å²) in [6.45, 7) is 2.83. The van der Waals surface area contributed by atoms with Crippen molar-refractivity contribution in [3.05, 3.63) is 29.8 Å². The summed E-state index contributed by atoms with van der Waals surface area (Å²) in [7, 11) is 0. The van der Waals surface area contributed by atoms with E-state index >= 15 is 0 Å². The Morgan fingerprint density at radius 3 is 2.85 bits per heavy atom. The summed E-state index contributed by atoms with van der Waals surface area (Å²) in [5, 5.41) is 12.0. The van der Waals surface area contributed by atoms with Gasteiger partial charge >= 0.3 is 5.97 Å². The van der Waals surface area contributed by atoms with Gasteiger partial charge in [0.15, 0.2) is 0 Å². The molecule has 5 nitrogen and oxygen atoms in total. The van der Waals surface area contributed by atoms with Crippen LogP contribution in [0.5, 0.6) is 0 Å². The Hall–Kier alpha value is -1.88. The van der Waals surface area contributed by atoms with Gasteiger partial charge in [-0.2, -0.15) is 0 Å². The number of benzene rings is 1. The fraction of sp³-hybridized carbons (Fsp3) is 0.467. The van der Waals surface area contributed by atoms with E-state index < -0.39 is 12.0 Å². The van der Waals surface area contributed by atoms with Crippen LogP contribution in [-0.4, -0.2) is 41.0 Å². The van der Waals surface area contributed by atoms with Crippen LogP contribution < -0.4 is 5.32 Å². The number of hydrogen-bond acceptors (Lipinski definition) is 3. The van der Waals surface area contributed by atoms with Crippen LogP contribution in [0, 0.1) is 0 Å². The highest BCUT2D eigenvalue weighted by atomic mass is 16.4. The van der Waals surface area contributed by atoms with Crippen molar-refractivity contribution < 1.29 is 14.7 Å². The van der Waals surface area contributed by atoms with Gasteiger partial charge in [-0.15, -0.1) is 0 Å². The van der Waals surface area contributed by atoms with Crippen LogP contribution in [0.25, 0.3) is 0 Å². The Labute approximate surface area is 118 Å². The lowest BCUT2D eigenvalue weighted by atomic mass is 10.1. The maximum Gasteiger partial charge on any atom is 0.320 e. The minimum atomic E-state index is -0.843. The highest BCUT2D eigenvalue weighted by Gasteiger charge is 2.31. The Balaban J connectivity index is 1.97. The van der Waals surface area contributed by atoms with Gasteiger partial charge in [0.25, 0.3) is 0 Å². The number of carbonyl (C=O) groups excluding carboxylic acids is 1. The standard InChI is InChI=1S/C15H20N2O3/c1-2-11-6-3-4-7-12(11)16-14(18)10-17-9-5-8-13(17)15(19)20/h3-4,6-7,13H,2,5,8-10H2,1H3,(H,16,18)(H,19,20)/t13-/m0/s1. The molecule has 1 amide bonds. The van der Waals surface area contributed by atoms with Crippen molar-refractivity contribution in [3.63, 3.8) is 0 Å². The van der Waals surface area contributed by atoms with Gasteiger partial charge in [-0.05, 0) is 37.4 Å². The van der Waals surface area contributed by atoms with E-state index in [1.165, 1.54) is 0 Å². The number of anilines is 1. The fourth-order valence-electron chi connectivity index (χ4n) is 2.62. The first-order chi connectivity index (χ1) is 9.61. The molecule has 0 aromatic heterocycles. The third-order valence-corrected chi connectivity index (χ3v) is 3.67. The topological polar surface area (TPSA) is 69.6 Å². The molecule has 2 rings (SSSR count). The zero-order valence-electron chi connectivity index (χ0n) is 11.6. The lowest BCUT2D eigenvalue weighted by Crippen LogP contribution is -2.41. The zero-order chi connectivity index (χ0) is 14.5. The first-order valence-electron chi connectivity index (χ1n) is 6.96. The Morgan fingerprint density at radius 2 is 2.15 bits per heavy atom. The third kappa shape index (κ3) is 3.36. The Morgan fingerprint density at radius 1 is 1.40 bits per heavy atom. The maximum absolute atomic E-state index is 12.1. The van der Waals surface area contributed by atoms with E-state index in [0.29, 0.717) is 13.0 Å². The van der Waals surface area contributed by atoms with E-state index in [-0.39, 0.29) is 12.5 Å². The van der Waals surface area contributed by atoms with Gasteiger partial charge in [0.2, 0.25) is 5.91 Å². The van der Waals surface area contributed by atoms with Gasteiger partial charge in [0, 0.05) is 5.69 Å². The summed E-state index contributed by atoms with van der Waals surface area (Å²) in [4.78, 5) is 24.9. The second kappa shape index (κ2) is 6.52. The number of nitrogens with one attached hydrogen (secondary N) is 1. The minimum absolute atomic E-state index is 0.134. The maximum atomic E-state index is 12.1. The molecule has 20 heavy (non-hydrogen) atoms. The molecule has 2 N–H and O–H groups in total. The van der Waals surface area contributed by atoms with Gasteiger partial charge in [-0.3, -0.25) is 14.5 Å². The quantitative estimate of drug-likeness (QED) is 0.859. The predicted molar refractivity (Wildman–Crippen MR) is 76.7 cm³/mol. The normalized spacial score (nSPS) is 18.9. The van der Waals surface area contributed by atoms with E-state index in [1.54, 1.807) is 4.90 Å². The van der Waals surface area contributed by atoms with E-state index in [2.05, 4.69) is 5.32 Å². The largest absolute Gasteiger partial charge is 0.480 e. The predicted octanol–water partition coefficient (Wildman–Crippen LogP) is 1.74. The molecule has 0 radical (unpaired) electrons. The smallest absolute Gasteiger partial charge is 0.320 e. The van der Waals surface area contributed by atoms with Crippen LogP contribution in [0.4, 0.5) is 5.69 Å². The van der Waals surface area contributed by atoms with Crippen molar-refractivity contribution in [2.45, 2.75) is 32.2 Å². The summed E-state index contributed by atoms with van der Waals surface area (Å²) in [6.07, 6.45) is 2.29. The number of hydrogen-bond donors (Lipinski definition) is 2. The molecule has 5 heteroatoms.